The Morgan fingerprint density at radius 2 is 2.00 bits per heavy atom. The van der Waals surface area contributed by atoms with Crippen molar-refractivity contribution in [1.82, 2.24) is 9.32 Å². The van der Waals surface area contributed by atoms with Crippen LogP contribution >= 0.6 is 11.8 Å². The summed E-state index contributed by atoms with van der Waals surface area (Å²) >= 11 is 5.99. The quantitative estimate of drug-likeness (QED) is 0.670. The molecule has 2 aliphatic rings. The molecule has 1 unspecified atom stereocenters. The highest BCUT2D eigenvalue weighted by Crippen LogP contribution is 2.33. The van der Waals surface area contributed by atoms with Crippen LogP contribution in [0.4, 0.5) is 0 Å². The number of hydrogen-bond donors (Lipinski definition) is 0. The van der Waals surface area contributed by atoms with Gasteiger partial charge in [0.25, 0.3) is 5.91 Å². The second-order valence-electron chi connectivity index (χ2n) is 4.87. The molecular weight excluding hydrogens is 236 g/mol. The lowest BCUT2D eigenvalue weighted by Gasteiger charge is -2.32. The van der Waals surface area contributed by atoms with Crippen molar-refractivity contribution in [1.29, 1.82) is 0 Å². The maximum atomic E-state index is 12.0. The first-order valence-electron chi connectivity index (χ1n) is 5.81. The van der Waals surface area contributed by atoms with Crippen LogP contribution in [0, 0.1) is 11.8 Å². The van der Waals surface area contributed by atoms with Crippen LogP contribution in [0.2, 0.25) is 0 Å². The molecule has 4 heteroatoms. The molecule has 0 saturated heterocycles. The Morgan fingerprint density at radius 1 is 1.35 bits per heavy atom. The number of carbonyl (C=O) groups is 1. The highest BCUT2D eigenvalue weighted by molar-refractivity contribution is 6.25. The summed E-state index contributed by atoms with van der Waals surface area (Å²) in [5, 5.41) is 0. The summed E-state index contributed by atoms with van der Waals surface area (Å²) in [7, 11) is 1.94. The van der Waals surface area contributed by atoms with E-state index in [4.69, 9.17) is 11.8 Å². The van der Waals surface area contributed by atoms with Crippen LogP contribution in [-0.2, 0) is 4.79 Å². The summed E-state index contributed by atoms with van der Waals surface area (Å²) in [6.45, 7) is 4.89. The van der Waals surface area contributed by atoms with Gasteiger partial charge in [0.05, 0.1) is 0 Å². The van der Waals surface area contributed by atoms with Crippen LogP contribution in [0.5, 0.6) is 0 Å². The Labute approximate surface area is 107 Å². The maximum Gasteiger partial charge on any atom is 0.268 e. The van der Waals surface area contributed by atoms with Gasteiger partial charge in [-0.05, 0) is 23.6 Å². The number of rotatable bonds is 1. The van der Waals surface area contributed by atoms with Gasteiger partial charge in [-0.1, -0.05) is 13.8 Å². The normalized spacial score (nSPS) is 24.5. The van der Waals surface area contributed by atoms with Gasteiger partial charge in [-0.2, -0.15) is 0 Å². The van der Waals surface area contributed by atoms with Crippen molar-refractivity contribution >= 4 is 17.7 Å². The van der Waals surface area contributed by atoms with Crippen molar-refractivity contribution in [3.63, 3.8) is 0 Å². The van der Waals surface area contributed by atoms with E-state index in [-0.39, 0.29) is 5.91 Å². The van der Waals surface area contributed by atoms with E-state index in [2.05, 4.69) is 13.8 Å². The molecule has 2 aliphatic heterocycles. The summed E-state index contributed by atoms with van der Waals surface area (Å²) in [5.41, 5.74) is 1.81. The summed E-state index contributed by atoms with van der Waals surface area (Å²) in [5.74, 6) is 0.651. The zero-order valence-electron chi connectivity index (χ0n) is 10.4. The number of nitrogens with zero attached hydrogens (tertiary/aromatic N) is 2. The minimum atomic E-state index is -0.102. The van der Waals surface area contributed by atoms with Crippen LogP contribution in [-0.4, -0.2) is 28.8 Å². The van der Waals surface area contributed by atoms with Crippen molar-refractivity contribution in [2.24, 2.45) is 11.8 Å². The third-order valence-electron chi connectivity index (χ3n) is 3.29. The Hall–Kier alpha value is -1.22. The number of amides is 1. The van der Waals surface area contributed by atoms with Crippen molar-refractivity contribution in [2.75, 3.05) is 13.6 Å². The molecule has 1 atom stereocenters. The molecule has 2 rings (SSSR count). The van der Waals surface area contributed by atoms with E-state index in [1.165, 1.54) is 4.42 Å². The van der Waals surface area contributed by atoms with E-state index >= 15 is 0 Å². The van der Waals surface area contributed by atoms with Crippen LogP contribution in [0.25, 0.3) is 0 Å². The number of halogens is 1. The average Bonchev–Trinajstić information content (AvgIpc) is 2.46. The Kier molecular flexibility index (Phi) is 3.29. The summed E-state index contributed by atoms with van der Waals surface area (Å²) in [6, 6.07) is 0. The van der Waals surface area contributed by atoms with Gasteiger partial charge in [0, 0.05) is 49.3 Å². The molecule has 0 N–H and O–H groups in total. The van der Waals surface area contributed by atoms with Crippen LogP contribution < -0.4 is 0 Å². The van der Waals surface area contributed by atoms with E-state index < -0.39 is 0 Å². The molecule has 0 saturated carbocycles. The molecule has 0 aromatic heterocycles. The molecule has 0 fully saturated rings. The highest BCUT2D eigenvalue weighted by Gasteiger charge is 2.32. The number of allylic oxidation sites excluding steroid dienone is 1. The molecule has 0 aromatic rings. The van der Waals surface area contributed by atoms with Gasteiger partial charge in [0.2, 0.25) is 0 Å². The van der Waals surface area contributed by atoms with E-state index in [0.717, 1.165) is 5.57 Å². The predicted octanol–water partition coefficient (Wildman–Crippen LogP) is 2.52. The number of hydrogen-bond acceptors (Lipinski definition) is 2. The van der Waals surface area contributed by atoms with E-state index in [0.29, 0.717) is 24.0 Å². The van der Waals surface area contributed by atoms with Crippen molar-refractivity contribution < 1.29 is 4.79 Å². The molecule has 1 amide bonds. The van der Waals surface area contributed by atoms with Gasteiger partial charge >= 0.3 is 0 Å². The number of carbonyl (C=O) groups excluding carboxylic acids is 1. The molecule has 17 heavy (non-hydrogen) atoms. The monoisotopic (exact) mass is 252 g/mol. The molecule has 0 bridgehead atoms. The fraction of sp³-hybridized carbons (Fsp3) is 0.462. The predicted molar refractivity (Wildman–Crippen MR) is 69.0 cm³/mol. The van der Waals surface area contributed by atoms with Crippen LogP contribution in [0.3, 0.4) is 0 Å². The second kappa shape index (κ2) is 4.57. The highest BCUT2D eigenvalue weighted by atomic mass is 35.5. The lowest BCUT2D eigenvalue weighted by molar-refractivity contribution is -0.123. The minimum absolute atomic E-state index is 0.102. The standard InChI is InChI=1S/C13H17ClN2O/c1-9(2)12-8-16(14)13(17)11-5-7-15(3)6-4-10(11)12/h4-7,9,12H,8H2,1-3H3. The van der Waals surface area contributed by atoms with Crippen molar-refractivity contribution in [3.8, 4) is 0 Å². The first kappa shape index (κ1) is 12.2. The van der Waals surface area contributed by atoms with E-state index in [9.17, 15) is 4.79 Å². The SMILES string of the molecule is CC(C)C1CN(Cl)C(=O)C2=C1C=CN(C)C=C2. The van der Waals surface area contributed by atoms with Crippen molar-refractivity contribution in [2.45, 2.75) is 13.8 Å². The zero-order chi connectivity index (χ0) is 12.6. The van der Waals surface area contributed by atoms with E-state index in [1.807, 2.05) is 36.5 Å². The molecule has 0 spiro atoms. The fourth-order valence-electron chi connectivity index (χ4n) is 2.20. The van der Waals surface area contributed by atoms with Gasteiger partial charge < -0.3 is 4.90 Å². The summed E-state index contributed by atoms with van der Waals surface area (Å²) < 4.78 is 1.30. The summed E-state index contributed by atoms with van der Waals surface area (Å²) in [6.07, 6.45) is 7.74. The van der Waals surface area contributed by atoms with Gasteiger partial charge in [-0.3, -0.25) is 4.79 Å². The third-order valence-corrected chi connectivity index (χ3v) is 3.58. The van der Waals surface area contributed by atoms with Crippen LogP contribution in [0.15, 0.2) is 35.7 Å². The lowest BCUT2D eigenvalue weighted by Crippen LogP contribution is -2.37. The molecule has 2 heterocycles. The minimum Gasteiger partial charge on any atom is -0.357 e. The van der Waals surface area contributed by atoms with Gasteiger partial charge in [-0.25, -0.2) is 4.42 Å². The first-order chi connectivity index (χ1) is 8.00. The maximum absolute atomic E-state index is 12.0. The molecule has 0 aromatic carbocycles. The fourth-order valence-corrected chi connectivity index (χ4v) is 2.44. The first-order valence-corrected chi connectivity index (χ1v) is 6.14. The van der Waals surface area contributed by atoms with Gasteiger partial charge in [0.15, 0.2) is 0 Å². The Bertz CT molecular complexity index is 423. The van der Waals surface area contributed by atoms with Gasteiger partial charge in [-0.15, -0.1) is 0 Å². The lowest BCUT2D eigenvalue weighted by atomic mass is 9.82. The Morgan fingerprint density at radius 3 is 2.65 bits per heavy atom. The van der Waals surface area contributed by atoms with Gasteiger partial charge in [0.1, 0.15) is 0 Å². The molecular formula is C13H17ClN2O. The van der Waals surface area contributed by atoms with E-state index in [1.54, 1.807) is 0 Å². The zero-order valence-corrected chi connectivity index (χ0v) is 11.1. The molecule has 0 aliphatic carbocycles. The molecule has 92 valence electrons. The third kappa shape index (κ3) is 2.25. The molecule has 0 radical (unpaired) electrons. The average molecular weight is 253 g/mol. The smallest absolute Gasteiger partial charge is 0.268 e. The largest absolute Gasteiger partial charge is 0.357 e. The molecule has 3 nitrogen and oxygen atoms in total. The van der Waals surface area contributed by atoms with Crippen LogP contribution in [0.1, 0.15) is 13.8 Å². The second-order valence-corrected chi connectivity index (χ2v) is 5.27. The topological polar surface area (TPSA) is 23.6 Å². The summed E-state index contributed by atoms with van der Waals surface area (Å²) in [4.78, 5) is 14.0. The van der Waals surface area contributed by atoms with Crippen molar-refractivity contribution in [3.05, 3.63) is 35.7 Å². The Balaban J connectivity index is 2.48.